The zero-order valence-corrected chi connectivity index (χ0v) is 20.7. The summed E-state index contributed by atoms with van der Waals surface area (Å²) >= 11 is 0. The number of guanidine groups is 1. The molecule has 0 atom stereocenters. The minimum atomic E-state index is -4.07. The van der Waals surface area contributed by atoms with Gasteiger partial charge in [-0.3, -0.25) is 20.2 Å². The van der Waals surface area contributed by atoms with Crippen molar-refractivity contribution in [1.29, 1.82) is 0 Å². The number of benzene rings is 2. The van der Waals surface area contributed by atoms with Crippen molar-refractivity contribution in [2.75, 3.05) is 24.9 Å². The molecule has 0 aliphatic carbocycles. The van der Waals surface area contributed by atoms with Crippen LogP contribution < -0.4 is 21.3 Å². The Bertz CT molecular complexity index is 1270. The molecule has 13 nitrogen and oxygen atoms in total. The van der Waals surface area contributed by atoms with Crippen LogP contribution in [0.3, 0.4) is 0 Å². The Labute approximate surface area is 207 Å². The van der Waals surface area contributed by atoms with E-state index in [9.17, 15) is 27.6 Å². The maximum atomic E-state index is 13.2. The lowest BCUT2D eigenvalue weighted by Gasteiger charge is -2.13. The first-order valence-corrected chi connectivity index (χ1v) is 11.8. The van der Waals surface area contributed by atoms with E-state index in [1.807, 2.05) is 0 Å². The Morgan fingerprint density at radius 1 is 0.861 bits per heavy atom. The number of alkyl carbamates (subject to hydrolysis) is 2. The number of ether oxygens (including phenoxy) is 2. The van der Waals surface area contributed by atoms with E-state index in [0.717, 1.165) is 20.3 Å². The maximum Gasteiger partial charge on any atom is 0.413 e. The number of carbonyl (C=O) groups is 4. The smallest absolute Gasteiger partial charge is 0.413 e. The van der Waals surface area contributed by atoms with E-state index in [1.54, 1.807) is 6.92 Å². The van der Waals surface area contributed by atoms with Crippen LogP contribution in [0.1, 0.15) is 20.3 Å². The summed E-state index contributed by atoms with van der Waals surface area (Å²) in [6, 6.07) is 9.24. The number of sulfone groups is 1. The van der Waals surface area contributed by atoms with Gasteiger partial charge in [0.15, 0.2) is 0 Å². The fourth-order valence-corrected chi connectivity index (χ4v) is 3.96. The second kappa shape index (κ2) is 12.3. The number of nitrogens with zero attached hydrogens (tertiary/aromatic N) is 1. The molecule has 0 aliphatic rings. The highest BCUT2D eigenvalue weighted by Crippen LogP contribution is 2.31. The maximum absolute atomic E-state index is 13.2. The van der Waals surface area contributed by atoms with Gasteiger partial charge in [0.05, 0.1) is 35.4 Å². The summed E-state index contributed by atoms with van der Waals surface area (Å²) in [6.07, 6.45) is -1.84. The van der Waals surface area contributed by atoms with Crippen molar-refractivity contribution in [3.8, 4) is 0 Å². The lowest BCUT2D eigenvalue weighted by atomic mass is 10.2. The molecule has 0 heterocycles. The zero-order valence-electron chi connectivity index (χ0n) is 19.9. The van der Waals surface area contributed by atoms with Crippen molar-refractivity contribution >= 4 is 56.9 Å². The van der Waals surface area contributed by atoms with Crippen LogP contribution in [0.4, 0.5) is 26.7 Å². The Morgan fingerprint density at radius 2 is 1.42 bits per heavy atom. The van der Waals surface area contributed by atoms with Gasteiger partial charge in [0.25, 0.3) is 0 Å². The average molecular weight is 520 g/mol. The molecule has 0 unspecified atom stereocenters. The Morgan fingerprint density at radius 3 is 1.92 bits per heavy atom. The van der Waals surface area contributed by atoms with Crippen LogP contribution in [-0.2, 0) is 28.9 Å². The molecule has 0 radical (unpaired) electrons. The fourth-order valence-electron chi connectivity index (χ4n) is 2.68. The normalized spacial score (nSPS) is 10.4. The van der Waals surface area contributed by atoms with Gasteiger partial charge in [-0.05, 0) is 42.5 Å². The first-order chi connectivity index (χ1) is 17.0. The highest BCUT2D eigenvalue weighted by molar-refractivity contribution is 7.91. The number of hydrogen-bond donors (Lipinski definition) is 4. The largest absolute Gasteiger partial charge is 0.453 e. The first-order valence-electron chi connectivity index (χ1n) is 10.4. The summed E-state index contributed by atoms with van der Waals surface area (Å²) in [7, 11) is -1.90. The van der Waals surface area contributed by atoms with E-state index in [0.29, 0.717) is 5.69 Å². The first kappa shape index (κ1) is 27.8. The number of anilines is 2. The molecule has 4 amide bonds. The van der Waals surface area contributed by atoms with Crippen molar-refractivity contribution in [3.05, 3.63) is 42.5 Å². The van der Waals surface area contributed by atoms with E-state index >= 15 is 0 Å². The summed E-state index contributed by atoms with van der Waals surface area (Å²) in [4.78, 5) is 50.4. The highest BCUT2D eigenvalue weighted by Gasteiger charge is 2.21. The summed E-state index contributed by atoms with van der Waals surface area (Å²) < 4.78 is 35.5. The predicted octanol–water partition coefficient (Wildman–Crippen LogP) is 2.53. The fraction of sp³-hybridized carbons (Fsp3) is 0.227. The van der Waals surface area contributed by atoms with Gasteiger partial charge in [0, 0.05) is 19.0 Å². The van der Waals surface area contributed by atoms with E-state index < -0.39 is 28.0 Å². The van der Waals surface area contributed by atoms with Gasteiger partial charge in [-0.2, -0.15) is 0 Å². The molecule has 0 saturated heterocycles. The quantitative estimate of drug-likeness (QED) is 0.332. The number of methoxy groups -OCH3 is 2. The molecule has 2 aromatic rings. The molecular formula is C22H25N5O8S. The molecule has 0 aliphatic heterocycles. The molecule has 14 heteroatoms. The van der Waals surface area contributed by atoms with Gasteiger partial charge in [-0.15, -0.1) is 0 Å². The van der Waals surface area contributed by atoms with Crippen LogP contribution in [0.25, 0.3) is 0 Å². The third-order valence-electron chi connectivity index (χ3n) is 4.40. The minimum absolute atomic E-state index is 0.0718. The van der Waals surface area contributed by atoms with E-state index in [-0.39, 0.29) is 39.4 Å². The number of carbonyl (C=O) groups excluding carboxylic acids is 4. The third-order valence-corrected chi connectivity index (χ3v) is 6.17. The predicted molar refractivity (Wildman–Crippen MR) is 130 cm³/mol. The molecule has 0 bridgehead atoms. The van der Waals surface area contributed by atoms with Crippen molar-refractivity contribution in [3.63, 3.8) is 0 Å². The zero-order chi connectivity index (χ0) is 26.9. The monoisotopic (exact) mass is 519 g/mol. The molecule has 2 rings (SSSR count). The van der Waals surface area contributed by atoms with Gasteiger partial charge >= 0.3 is 12.2 Å². The molecule has 0 aromatic heterocycles. The Kier molecular flexibility index (Phi) is 9.50. The summed E-state index contributed by atoms with van der Waals surface area (Å²) in [5.74, 6) is -1.15. The molecule has 192 valence electrons. The summed E-state index contributed by atoms with van der Waals surface area (Å²) in [6.45, 7) is 2.94. The number of hydrogen-bond acceptors (Lipinski definition) is 9. The van der Waals surface area contributed by atoms with Gasteiger partial charge in [0.1, 0.15) is 0 Å². The SMILES string of the molecule is CCC(=O)Nc1ccc(S(=O)(=O)c2ccc(NC(C)=O)cc2)cc1N=C(NC(=O)OC)NC(=O)OC. The molecule has 36 heavy (non-hydrogen) atoms. The second-order valence-corrected chi connectivity index (χ2v) is 8.93. The highest BCUT2D eigenvalue weighted by atomic mass is 32.2. The van der Waals surface area contributed by atoms with Gasteiger partial charge in [0.2, 0.25) is 27.6 Å². The van der Waals surface area contributed by atoms with Gasteiger partial charge in [-0.1, -0.05) is 6.92 Å². The van der Waals surface area contributed by atoms with Crippen molar-refractivity contribution in [2.24, 2.45) is 4.99 Å². The van der Waals surface area contributed by atoms with Crippen LogP contribution in [0.5, 0.6) is 0 Å². The second-order valence-electron chi connectivity index (χ2n) is 6.98. The molecule has 2 aromatic carbocycles. The number of amides is 4. The van der Waals surface area contributed by atoms with E-state index in [2.05, 4.69) is 35.7 Å². The van der Waals surface area contributed by atoms with Gasteiger partial charge < -0.3 is 20.1 Å². The van der Waals surface area contributed by atoms with Crippen molar-refractivity contribution in [1.82, 2.24) is 10.6 Å². The van der Waals surface area contributed by atoms with Crippen LogP contribution in [-0.4, -0.2) is 52.6 Å². The molecule has 0 spiro atoms. The van der Waals surface area contributed by atoms with Crippen molar-refractivity contribution < 1.29 is 37.1 Å². The van der Waals surface area contributed by atoms with Gasteiger partial charge in [-0.25, -0.2) is 23.0 Å². The molecular weight excluding hydrogens is 494 g/mol. The standard InChI is InChI=1S/C22H25N5O8S/c1-5-19(29)24-17-11-10-16(36(32,33)15-8-6-14(7-9-15)23-13(2)28)12-18(17)25-20(26-21(30)34-3)27-22(31)35-4/h6-12H,5H2,1-4H3,(H,23,28)(H,24,29)(H2,25,26,27,30,31). The van der Waals surface area contributed by atoms with Crippen molar-refractivity contribution in [2.45, 2.75) is 30.1 Å². The Balaban J connectivity index is 2.59. The van der Waals surface area contributed by atoms with E-state index in [1.165, 1.54) is 43.3 Å². The molecule has 0 fully saturated rings. The average Bonchev–Trinajstić information content (AvgIpc) is 2.84. The van der Waals surface area contributed by atoms with Crippen LogP contribution in [0.2, 0.25) is 0 Å². The summed E-state index contributed by atoms with van der Waals surface area (Å²) in [5.41, 5.74) is 0.421. The van der Waals surface area contributed by atoms with Crippen LogP contribution >= 0.6 is 0 Å². The van der Waals surface area contributed by atoms with E-state index in [4.69, 9.17) is 0 Å². The molecule has 0 saturated carbocycles. The third kappa shape index (κ3) is 7.53. The van der Waals surface area contributed by atoms with Crippen LogP contribution in [0, 0.1) is 0 Å². The lowest BCUT2D eigenvalue weighted by Crippen LogP contribution is -2.43. The number of aliphatic imine (C=N–C) groups is 1. The number of nitrogens with one attached hydrogen (secondary N) is 4. The van der Waals surface area contributed by atoms with Crippen LogP contribution in [0.15, 0.2) is 57.2 Å². The summed E-state index contributed by atoms with van der Waals surface area (Å²) in [5, 5.41) is 9.45. The number of rotatable bonds is 6. The topological polar surface area (TPSA) is 181 Å². The lowest BCUT2D eigenvalue weighted by molar-refractivity contribution is -0.116. The minimum Gasteiger partial charge on any atom is -0.453 e. The Hall–Kier alpha value is -4.46. The molecule has 4 N–H and O–H groups in total.